The smallest absolute Gasteiger partial charge is 0.223 e. The summed E-state index contributed by atoms with van der Waals surface area (Å²) in [4.78, 5) is 16.3. The maximum Gasteiger partial charge on any atom is 0.223 e. The van der Waals surface area contributed by atoms with Gasteiger partial charge in [0.05, 0.1) is 11.0 Å². The number of rotatable bonds is 11. The molecule has 1 heterocycles. The van der Waals surface area contributed by atoms with Gasteiger partial charge in [0.1, 0.15) is 6.67 Å². The Morgan fingerprint density at radius 3 is 2.51 bits per heavy atom. The highest BCUT2D eigenvalue weighted by molar-refractivity contribution is 7.98. The Morgan fingerprint density at radius 2 is 1.79 bits per heavy atom. The number of anilines is 3. The second-order valence-electron chi connectivity index (χ2n) is 9.61. The van der Waals surface area contributed by atoms with Crippen molar-refractivity contribution in [1.29, 1.82) is 0 Å². The fraction of sp³-hybridized carbons (Fsp3) is 0.323. The largest absolute Gasteiger partial charge is 0.355 e. The van der Waals surface area contributed by atoms with Gasteiger partial charge < -0.3 is 20.1 Å². The Morgan fingerprint density at radius 1 is 1.05 bits per heavy atom. The van der Waals surface area contributed by atoms with E-state index in [-0.39, 0.29) is 0 Å². The summed E-state index contributed by atoms with van der Waals surface area (Å²) in [6.07, 6.45) is 5.94. The Kier molecular flexibility index (Phi) is 10.0. The molecule has 4 aromatic rings. The van der Waals surface area contributed by atoms with Gasteiger partial charge in [-0.05, 0) is 73.2 Å². The molecule has 3 aromatic carbocycles. The number of aryl methyl sites for hydroxylation is 3. The van der Waals surface area contributed by atoms with Crippen LogP contribution in [-0.2, 0) is 20.0 Å². The van der Waals surface area contributed by atoms with Crippen LogP contribution >= 0.6 is 11.8 Å². The lowest BCUT2D eigenvalue weighted by atomic mass is 10.1. The van der Waals surface area contributed by atoms with Crippen molar-refractivity contribution in [2.24, 2.45) is 17.0 Å². The van der Waals surface area contributed by atoms with E-state index >= 15 is 0 Å². The molecule has 4 rings (SSSR count). The summed E-state index contributed by atoms with van der Waals surface area (Å²) in [6.45, 7) is 5.37. The maximum atomic E-state index is 4.86. The molecule has 0 aliphatic rings. The number of aromatic nitrogens is 2. The molecule has 0 saturated heterocycles. The first-order valence-electron chi connectivity index (χ1n) is 13.4. The minimum absolute atomic E-state index is 0.464. The van der Waals surface area contributed by atoms with Crippen LogP contribution < -0.4 is 15.5 Å². The standard InChI is InChI=1S/C31H39N7S/c1-6-18-32-30(35-26-13-11-24(12-14-26)17-19-39-5)34-22-37(3)27-15-16-29-28(20-27)36-31(38(29)4)33-21-25-9-7-23(2)8-10-25/h7-16,18,20H,6,17,19,21-22H2,1-5H3,(H,33,36)(H,34,35)/b32-18-. The quantitative estimate of drug-likeness (QED) is 0.163. The number of benzene rings is 3. The molecule has 0 amide bonds. The molecule has 7 nitrogen and oxygen atoms in total. The van der Waals surface area contributed by atoms with Crippen molar-refractivity contribution in [1.82, 2.24) is 9.55 Å². The average Bonchev–Trinajstić information content (AvgIpc) is 3.28. The summed E-state index contributed by atoms with van der Waals surface area (Å²) in [7, 11) is 4.07. The highest BCUT2D eigenvalue weighted by atomic mass is 32.2. The first-order chi connectivity index (χ1) is 19.0. The zero-order valence-corrected chi connectivity index (χ0v) is 24.4. The van der Waals surface area contributed by atoms with Crippen molar-refractivity contribution in [3.63, 3.8) is 0 Å². The zero-order valence-electron chi connectivity index (χ0n) is 23.6. The van der Waals surface area contributed by atoms with Crippen molar-refractivity contribution in [2.75, 3.05) is 41.3 Å². The Labute approximate surface area is 236 Å². The number of hydrogen-bond donors (Lipinski definition) is 2. The van der Waals surface area contributed by atoms with E-state index in [1.807, 2.05) is 32.1 Å². The third-order valence-corrected chi connectivity index (χ3v) is 7.12. The van der Waals surface area contributed by atoms with Crippen LogP contribution in [0.5, 0.6) is 0 Å². The molecule has 0 fully saturated rings. The number of thioether (sulfide) groups is 1. The van der Waals surface area contributed by atoms with Crippen molar-refractivity contribution in [2.45, 2.75) is 33.2 Å². The van der Waals surface area contributed by atoms with E-state index in [4.69, 9.17) is 9.98 Å². The van der Waals surface area contributed by atoms with Crippen LogP contribution in [0.25, 0.3) is 11.0 Å². The van der Waals surface area contributed by atoms with Crippen LogP contribution in [0.4, 0.5) is 17.3 Å². The molecule has 0 radical (unpaired) electrons. The van der Waals surface area contributed by atoms with Crippen molar-refractivity contribution < 1.29 is 0 Å². The number of hydrogen-bond acceptors (Lipinski definition) is 5. The van der Waals surface area contributed by atoms with Crippen LogP contribution in [0, 0.1) is 6.92 Å². The van der Waals surface area contributed by atoms with Gasteiger partial charge in [-0.1, -0.05) is 48.9 Å². The topological polar surface area (TPSA) is 69.8 Å². The summed E-state index contributed by atoms with van der Waals surface area (Å²) >= 11 is 1.86. The van der Waals surface area contributed by atoms with E-state index in [1.54, 1.807) is 0 Å². The molecule has 0 saturated carbocycles. The SMILES string of the molecule is CC/C=N\C(=N/CN(C)c1ccc2c(c1)nc(NCc1ccc(C)cc1)n2C)Nc1ccc(CCSC)cc1. The van der Waals surface area contributed by atoms with Gasteiger partial charge in [0.25, 0.3) is 0 Å². The first-order valence-corrected chi connectivity index (χ1v) is 14.7. The molecular weight excluding hydrogens is 502 g/mol. The number of fused-ring (bicyclic) bond motifs is 1. The maximum absolute atomic E-state index is 4.86. The molecule has 204 valence electrons. The van der Waals surface area contributed by atoms with Crippen LogP contribution in [0.1, 0.15) is 30.0 Å². The Balaban J connectivity index is 1.43. The lowest BCUT2D eigenvalue weighted by molar-refractivity contribution is 0.925. The third-order valence-electron chi connectivity index (χ3n) is 6.51. The van der Waals surface area contributed by atoms with Crippen molar-refractivity contribution in [3.05, 3.63) is 83.4 Å². The van der Waals surface area contributed by atoms with E-state index < -0.39 is 0 Å². The van der Waals surface area contributed by atoms with Gasteiger partial charge in [-0.25, -0.2) is 15.0 Å². The zero-order chi connectivity index (χ0) is 27.6. The summed E-state index contributed by atoms with van der Waals surface area (Å²) in [6, 6.07) is 23.4. The van der Waals surface area contributed by atoms with Crippen molar-refractivity contribution >= 4 is 52.3 Å². The normalized spacial score (nSPS) is 11.9. The molecule has 0 unspecified atom stereocenters. The molecule has 8 heteroatoms. The predicted molar refractivity (Wildman–Crippen MR) is 171 cm³/mol. The molecule has 0 atom stereocenters. The van der Waals surface area contributed by atoms with Gasteiger partial charge in [-0.3, -0.25) is 0 Å². The summed E-state index contributed by atoms with van der Waals surface area (Å²) in [5, 5.41) is 6.85. The number of imidazole rings is 1. The summed E-state index contributed by atoms with van der Waals surface area (Å²) in [5.74, 6) is 2.58. The van der Waals surface area contributed by atoms with Crippen molar-refractivity contribution in [3.8, 4) is 0 Å². The summed E-state index contributed by atoms with van der Waals surface area (Å²) in [5.41, 5.74) is 7.89. The van der Waals surface area contributed by atoms with Crippen LogP contribution in [0.2, 0.25) is 0 Å². The molecule has 0 spiro atoms. The van der Waals surface area contributed by atoms with Gasteiger partial charge in [-0.15, -0.1) is 0 Å². The highest BCUT2D eigenvalue weighted by Crippen LogP contribution is 2.24. The fourth-order valence-electron chi connectivity index (χ4n) is 4.12. The molecule has 0 aliphatic heterocycles. The van der Waals surface area contributed by atoms with Crippen LogP contribution in [0.3, 0.4) is 0 Å². The monoisotopic (exact) mass is 541 g/mol. The molecule has 39 heavy (non-hydrogen) atoms. The highest BCUT2D eigenvalue weighted by Gasteiger charge is 2.10. The molecule has 0 aliphatic carbocycles. The average molecular weight is 542 g/mol. The van der Waals surface area contributed by atoms with Gasteiger partial charge in [0, 0.05) is 38.2 Å². The minimum atomic E-state index is 0.464. The van der Waals surface area contributed by atoms with E-state index in [0.29, 0.717) is 12.6 Å². The molecular formula is C31H39N7S. The van der Waals surface area contributed by atoms with Gasteiger partial charge in [0.2, 0.25) is 11.9 Å². The Hall–Kier alpha value is -3.78. The number of aliphatic imine (C=N–C) groups is 2. The van der Waals surface area contributed by atoms with Gasteiger partial charge in [-0.2, -0.15) is 11.8 Å². The second-order valence-corrected chi connectivity index (χ2v) is 10.6. The van der Waals surface area contributed by atoms with Gasteiger partial charge >= 0.3 is 0 Å². The molecule has 1 aromatic heterocycles. The third kappa shape index (κ3) is 7.86. The number of nitrogens with zero attached hydrogens (tertiary/aromatic N) is 5. The van der Waals surface area contributed by atoms with Crippen LogP contribution in [0.15, 0.2) is 76.7 Å². The fourth-order valence-corrected chi connectivity index (χ4v) is 4.56. The lowest BCUT2D eigenvalue weighted by Crippen LogP contribution is -2.20. The predicted octanol–water partition coefficient (Wildman–Crippen LogP) is 6.74. The van der Waals surface area contributed by atoms with E-state index in [2.05, 4.69) is 112 Å². The van der Waals surface area contributed by atoms with E-state index in [0.717, 1.165) is 53.5 Å². The minimum Gasteiger partial charge on any atom is -0.355 e. The molecule has 2 N–H and O–H groups in total. The first kappa shape index (κ1) is 28.2. The van der Waals surface area contributed by atoms with E-state index in [9.17, 15) is 0 Å². The summed E-state index contributed by atoms with van der Waals surface area (Å²) < 4.78 is 2.10. The Bertz CT molecular complexity index is 1410. The lowest BCUT2D eigenvalue weighted by Gasteiger charge is -2.17. The second kappa shape index (κ2) is 13.8. The van der Waals surface area contributed by atoms with Crippen LogP contribution in [-0.4, -0.2) is 47.5 Å². The molecule has 0 bridgehead atoms. The van der Waals surface area contributed by atoms with Gasteiger partial charge in [0.15, 0.2) is 0 Å². The van der Waals surface area contributed by atoms with E-state index in [1.165, 1.54) is 16.7 Å². The number of nitrogens with one attached hydrogen (secondary N) is 2. The number of guanidine groups is 1.